The van der Waals surface area contributed by atoms with Gasteiger partial charge in [0.2, 0.25) is 0 Å². The number of aliphatic hydroxyl groups is 2. The van der Waals surface area contributed by atoms with E-state index in [1.165, 1.54) is 0 Å². The van der Waals surface area contributed by atoms with Gasteiger partial charge in [-0.2, -0.15) is 0 Å². The fourth-order valence-corrected chi connectivity index (χ4v) is 6.09. The number of phenolic OH excluding ortho intramolecular Hbond substituents is 1. The van der Waals surface area contributed by atoms with Crippen LogP contribution in [0.4, 0.5) is 0 Å². The molecule has 5 atom stereocenters. The van der Waals surface area contributed by atoms with Crippen molar-refractivity contribution < 1.29 is 29.6 Å². The van der Waals surface area contributed by atoms with E-state index >= 15 is 0 Å². The zero-order chi connectivity index (χ0) is 34.4. The van der Waals surface area contributed by atoms with Gasteiger partial charge in [-0.3, -0.25) is 4.79 Å². The second-order valence-corrected chi connectivity index (χ2v) is 14.4. The summed E-state index contributed by atoms with van der Waals surface area (Å²) in [4.78, 5) is 14.2. The summed E-state index contributed by atoms with van der Waals surface area (Å²) in [5.41, 5.74) is 5.95. The summed E-state index contributed by atoms with van der Waals surface area (Å²) in [5.74, 6) is -0.640. The minimum Gasteiger partial charge on any atom is -0.508 e. The molecule has 1 amide bonds. The lowest BCUT2D eigenvalue weighted by Gasteiger charge is -2.42. The van der Waals surface area contributed by atoms with Crippen LogP contribution in [0.3, 0.4) is 0 Å². The van der Waals surface area contributed by atoms with E-state index in [0.717, 1.165) is 33.4 Å². The van der Waals surface area contributed by atoms with E-state index < -0.39 is 22.1 Å². The zero-order valence-electron chi connectivity index (χ0n) is 26.6. The van der Waals surface area contributed by atoms with Gasteiger partial charge in [0.15, 0.2) is 6.29 Å². The highest BCUT2D eigenvalue weighted by atomic mass is 35.6. The van der Waals surface area contributed by atoms with E-state index in [0.29, 0.717) is 18.7 Å². The third-order valence-electron chi connectivity index (χ3n) is 8.56. The molecule has 4 aromatic carbocycles. The largest absolute Gasteiger partial charge is 0.508 e. The summed E-state index contributed by atoms with van der Waals surface area (Å²) in [6.45, 7) is 3.09. The molecule has 0 radical (unpaired) electrons. The lowest BCUT2D eigenvalue weighted by Crippen LogP contribution is -2.44. The first-order valence-electron chi connectivity index (χ1n) is 15.6. The number of carbonyl (C=O) groups is 1. The van der Waals surface area contributed by atoms with Crippen molar-refractivity contribution in [3.05, 3.63) is 125 Å². The van der Waals surface area contributed by atoms with Crippen molar-refractivity contribution in [3.8, 4) is 16.9 Å². The highest BCUT2D eigenvalue weighted by molar-refractivity contribution is 6.76. The Balaban J connectivity index is 1.36. The van der Waals surface area contributed by atoms with Crippen molar-refractivity contribution in [2.75, 3.05) is 20.1 Å². The van der Waals surface area contributed by atoms with Crippen LogP contribution in [-0.4, -0.2) is 56.2 Å². The van der Waals surface area contributed by atoms with Crippen LogP contribution in [0.1, 0.15) is 53.2 Å². The van der Waals surface area contributed by atoms with Gasteiger partial charge in [-0.05, 0) is 52.6 Å². The fraction of sp³-hybridized carbons (Fsp3) is 0.324. The minimum absolute atomic E-state index is 0.0449. The van der Waals surface area contributed by atoms with Gasteiger partial charge in [0.25, 0.3) is 9.70 Å². The predicted octanol–water partition coefficient (Wildman–Crippen LogP) is 6.99. The number of carbonyl (C=O) groups excluding carboxylic acids is 1. The second kappa shape index (κ2) is 16.0. The number of benzene rings is 4. The Hall–Kier alpha value is -3.18. The number of aromatic hydroxyl groups is 1. The number of halogens is 3. The van der Waals surface area contributed by atoms with Crippen molar-refractivity contribution in [1.29, 1.82) is 0 Å². The van der Waals surface area contributed by atoms with Crippen LogP contribution < -0.4 is 5.32 Å². The molecule has 11 heteroatoms. The van der Waals surface area contributed by atoms with E-state index in [4.69, 9.17) is 44.3 Å². The van der Waals surface area contributed by atoms with Crippen LogP contribution in [-0.2, 0) is 27.4 Å². The number of likely N-dealkylation sites (N-methyl/N-ethyl adjacent to an activating group) is 1. The smallest absolute Gasteiger partial charge is 0.272 e. The summed E-state index contributed by atoms with van der Waals surface area (Å²) in [6.07, 6.45) is -2.02. The van der Waals surface area contributed by atoms with Gasteiger partial charge >= 0.3 is 0 Å². The van der Waals surface area contributed by atoms with Crippen molar-refractivity contribution in [2.24, 2.45) is 5.92 Å². The quantitative estimate of drug-likeness (QED) is 0.124. The molecule has 48 heavy (non-hydrogen) atoms. The average molecular weight is 714 g/mol. The lowest BCUT2D eigenvalue weighted by atomic mass is 9.90. The Morgan fingerprint density at radius 2 is 1.62 bits per heavy atom. The molecule has 254 valence electrons. The molecular formula is C37H39Cl3N2O6. The highest BCUT2D eigenvalue weighted by Gasteiger charge is 2.39. The van der Waals surface area contributed by atoms with E-state index in [-0.39, 0.29) is 37.0 Å². The van der Waals surface area contributed by atoms with Gasteiger partial charge in [-0.1, -0.05) is 127 Å². The van der Waals surface area contributed by atoms with Crippen LogP contribution in [0.5, 0.6) is 5.75 Å². The van der Waals surface area contributed by atoms with Gasteiger partial charge in [0.05, 0.1) is 24.9 Å². The Morgan fingerprint density at radius 3 is 2.29 bits per heavy atom. The predicted molar refractivity (Wildman–Crippen MR) is 188 cm³/mol. The van der Waals surface area contributed by atoms with Crippen molar-refractivity contribution in [1.82, 2.24) is 10.2 Å². The molecule has 1 aliphatic rings. The van der Waals surface area contributed by atoms with Crippen LogP contribution in [0.25, 0.3) is 11.1 Å². The Kier molecular flexibility index (Phi) is 12.1. The SMILES string of the molecule is CC1C(CN(C)CC(O)c2cccc(O)c2)OC(c2ccc(-c3ccccc3CNC(=O)C(Cl)(Cl)Cl)cc2)OC1c1ccc(CO)cc1. The molecule has 8 nitrogen and oxygen atoms in total. The number of hydrogen-bond acceptors (Lipinski definition) is 7. The number of rotatable bonds is 11. The summed E-state index contributed by atoms with van der Waals surface area (Å²) >= 11 is 17.2. The number of aliphatic hydroxyl groups excluding tert-OH is 2. The molecule has 5 unspecified atom stereocenters. The van der Waals surface area contributed by atoms with Gasteiger partial charge < -0.3 is 35.0 Å². The maximum absolute atomic E-state index is 12.1. The van der Waals surface area contributed by atoms with Crippen LogP contribution in [0.15, 0.2) is 97.1 Å². The molecule has 1 heterocycles. The molecule has 1 fully saturated rings. The number of nitrogens with zero attached hydrogens (tertiary/aromatic N) is 1. The van der Waals surface area contributed by atoms with Crippen LogP contribution in [0.2, 0.25) is 0 Å². The third kappa shape index (κ3) is 9.08. The van der Waals surface area contributed by atoms with E-state index in [1.807, 2.05) is 84.7 Å². The van der Waals surface area contributed by atoms with E-state index in [9.17, 15) is 20.1 Å². The van der Waals surface area contributed by atoms with Crippen molar-refractivity contribution in [3.63, 3.8) is 0 Å². The second-order valence-electron chi connectivity index (χ2n) is 12.1. The molecule has 1 saturated heterocycles. The molecule has 0 saturated carbocycles. The Labute approximate surface area is 295 Å². The van der Waals surface area contributed by atoms with Gasteiger partial charge in [0, 0.05) is 31.1 Å². The number of nitrogens with one attached hydrogen (secondary N) is 1. The summed E-state index contributed by atoms with van der Waals surface area (Å²) in [5, 5.41) is 33.0. The molecule has 4 aromatic rings. The van der Waals surface area contributed by atoms with Gasteiger partial charge in [0.1, 0.15) is 5.75 Å². The van der Waals surface area contributed by atoms with Crippen LogP contribution >= 0.6 is 34.8 Å². The monoisotopic (exact) mass is 712 g/mol. The van der Waals surface area contributed by atoms with E-state index in [1.54, 1.807) is 24.3 Å². The molecule has 5 rings (SSSR count). The van der Waals surface area contributed by atoms with Crippen molar-refractivity contribution in [2.45, 2.75) is 48.5 Å². The molecule has 0 aliphatic carbocycles. The number of phenols is 1. The summed E-state index contributed by atoms with van der Waals surface area (Å²) in [6, 6.07) is 29.9. The first-order chi connectivity index (χ1) is 22.9. The van der Waals surface area contributed by atoms with Gasteiger partial charge in [-0.15, -0.1) is 0 Å². The van der Waals surface area contributed by atoms with Crippen LogP contribution in [0, 0.1) is 5.92 Å². The highest BCUT2D eigenvalue weighted by Crippen LogP contribution is 2.42. The summed E-state index contributed by atoms with van der Waals surface area (Å²) in [7, 11) is 1.93. The molecular weight excluding hydrogens is 675 g/mol. The first-order valence-corrected chi connectivity index (χ1v) is 16.8. The Morgan fingerprint density at radius 1 is 0.938 bits per heavy atom. The zero-order valence-corrected chi connectivity index (χ0v) is 28.9. The maximum Gasteiger partial charge on any atom is 0.272 e. The first kappa shape index (κ1) is 36.1. The normalized spacial score (nSPS) is 20.4. The molecule has 0 spiro atoms. The Bertz CT molecular complexity index is 1670. The van der Waals surface area contributed by atoms with Gasteiger partial charge in [-0.25, -0.2) is 0 Å². The van der Waals surface area contributed by atoms with E-state index in [2.05, 4.69) is 12.2 Å². The topological polar surface area (TPSA) is 111 Å². The average Bonchev–Trinajstić information content (AvgIpc) is 3.08. The number of amides is 1. The minimum atomic E-state index is -2.05. The molecule has 0 aromatic heterocycles. The number of alkyl halides is 3. The molecule has 4 N–H and O–H groups in total. The number of ether oxygens (including phenoxy) is 2. The number of hydrogen-bond donors (Lipinski definition) is 4. The maximum atomic E-state index is 12.1. The standard InChI is InChI=1S/C37H39Cl3N2O6/c1-23-33(21-42(2)20-32(45)28-7-5-8-30(44)18-28)47-35(48-34(23)26-12-10-24(22-43)11-13-26)27-16-14-25(15-17-27)31-9-4-3-6-29(31)19-41-36(46)37(38,39)40/h3-18,23,32-35,43-45H,19-22H2,1-2H3,(H,41,46). The third-order valence-corrected chi connectivity index (χ3v) is 9.08. The lowest BCUT2D eigenvalue weighted by molar-refractivity contribution is -0.276. The molecule has 0 bridgehead atoms. The summed E-state index contributed by atoms with van der Waals surface area (Å²) < 4.78 is 11.2. The molecule has 1 aliphatic heterocycles. The van der Waals surface area contributed by atoms with Crippen molar-refractivity contribution >= 4 is 40.7 Å². The fourth-order valence-electron chi connectivity index (χ4n) is 5.89.